The Morgan fingerprint density at radius 1 is 1.21 bits per heavy atom. The summed E-state index contributed by atoms with van der Waals surface area (Å²) in [6.07, 6.45) is -0.528. The number of halogens is 2. The van der Waals surface area contributed by atoms with Crippen LogP contribution in [-0.4, -0.2) is 12.2 Å². The summed E-state index contributed by atoms with van der Waals surface area (Å²) in [6, 6.07) is 12.2. The average molecular weight is 325 g/mol. The molecule has 19 heavy (non-hydrogen) atoms. The number of ether oxygens (including phenoxy) is 1. The minimum absolute atomic E-state index is 0.195. The number of hydrogen-bond donors (Lipinski definition) is 1. The van der Waals surface area contributed by atoms with Crippen molar-refractivity contribution in [2.45, 2.75) is 12.5 Å². The Hall–Kier alpha value is -1.39. The first kappa shape index (κ1) is 14.0. The summed E-state index contributed by atoms with van der Waals surface area (Å²) in [5.41, 5.74) is 1.19. The largest absolute Gasteiger partial charge is 0.494 e. The molecule has 0 saturated heterocycles. The van der Waals surface area contributed by atoms with Crippen molar-refractivity contribution in [1.29, 1.82) is 0 Å². The SMILES string of the molecule is COc1cccc(CC(O)c2ccc(Br)cc2)c1F. The van der Waals surface area contributed by atoms with Gasteiger partial charge < -0.3 is 9.84 Å². The third-order valence-corrected chi connectivity index (χ3v) is 3.46. The van der Waals surface area contributed by atoms with Gasteiger partial charge in [0.1, 0.15) is 0 Å². The monoisotopic (exact) mass is 324 g/mol. The third-order valence-electron chi connectivity index (χ3n) is 2.93. The Balaban J connectivity index is 2.19. The Morgan fingerprint density at radius 3 is 2.53 bits per heavy atom. The minimum atomic E-state index is -0.741. The molecule has 4 heteroatoms. The van der Waals surface area contributed by atoms with Gasteiger partial charge in [-0.3, -0.25) is 0 Å². The number of aliphatic hydroxyl groups excluding tert-OH is 1. The standard InChI is InChI=1S/C15H14BrFO2/c1-19-14-4-2-3-11(15(14)17)9-13(18)10-5-7-12(16)8-6-10/h2-8,13,18H,9H2,1H3. The van der Waals surface area contributed by atoms with E-state index in [1.807, 2.05) is 24.3 Å². The topological polar surface area (TPSA) is 29.5 Å². The van der Waals surface area contributed by atoms with Gasteiger partial charge in [-0.15, -0.1) is 0 Å². The van der Waals surface area contributed by atoms with Gasteiger partial charge in [-0.25, -0.2) is 4.39 Å². The summed E-state index contributed by atoms with van der Waals surface area (Å²) in [5, 5.41) is 10.1. The maximum atomic E-state index is 14.0. The summed E-state index contributed by atoms with van der Waals surface area (Å²) in [5.74, 6) is -0.221. The second kappa shape index (κ2) is 6.17. The fraction of sp³-hybridized carbons (Fsp3) is 0.200. The lowest BCUT2D eigenvalue weighted by Crippen LogP contribution is -2.04. The molecule has 1 unspecified atom stereocenters. The smallest absolute Gasteiger partial charge is 0.168 e. The van der Waals surface area contributed by atoms with Gasteiger partial charge in [0.15, 0.2) is 11.6 Å². The quantitative estimate of drug-likeness (QED) is 0.925. The number of hydrogen-bond acceptors (Lipinski definition) is 2. The summed E-state index contributed by atoms with van der Waals surface area (Å²) < 4.78 is 19.8. The van der Waals surface area contributed by atoms with E-state index in [-0.39, 0.29) is 12.2 Å². The lowest BCUT2D eigenvalue weighted by molar-refractivity contribution is 0.177. The van der Waals surface area contributed by atoms with Crippen LogP contribution >= 0.6 is 15.9 Å². The summed E-state index contributed by atoms with van der Waals surface area (Å²) in [4.78, 5) is 0. The molecule has 0 fully saturated rings. The molecule has 0 aromatic heterocycles. The molecule has 0 heterocycles. The molecule has 0 amide bonds. The van der Waals surface area contributed by atoms with Gasteiger partial charge in [0, 0.05) is 10.9 Å². The van der Waals surface area contributed by atoms with Crippen LogP contribution in [0.2, 0.25) is 0 Å². The highest BCUT2D eigenvalue weighted by Crippen LogP contribution is 2.25. The highest BCUT2D eigenvalue weighted by atomic mass is 79.9. The van der Waals surface area contributed by atoms with Gasteiger partial charge in [0.25, 0.3) is 0 Å². The predicted molar refractivity (Wildman–Crippen MR) is 75.8 cm³/mol. The molecule has 1 N–H and O–H groups in total. The molecule has 1 atom stereocenters. The second-order valence-corrected chi connectivity index (χ2v) is 5.12. The van der Waals surface area contributed by atoms with Gasteiger partial charge in [0.05, 0.1) is 13.2 Å². The average Bonchev–Trinajstić information content (AvgIpc) is 2.42. The molecule has 0 aliphatic heterocycles. The molecule has 0 bridgehead atoms. The van der Waals surface area contributed by atoms with E-state index >= 15 is 0 Å². The van der Waals surface area contributed by atoms with Crippen LogP contribution in [0.3, 0.4) is 0 Å². The van der Waals surface area contributed by atoms with Crippen LogP contribution in [-0.2, 0) is 6.42 Å². The summed E-state index contributed by atoms with van der Waals surface area (Å²) in [7, 11) is 1.42. The van der Waals surface area contributed by atoms with Gasteiger partial charge in [0.2, 0.25) is 0 Å². The van der Waals surface area contributed by atoms with E-state index in [1.165, 1.54) is 7.11 Å². The molecule has 0 radical (unpaired) electrons. The van der Waals surface area contributed by atoms with Crippen molar-refractivity contribution < 1.29 is 14.2 Å². The van der Waals surface area contributed by atoms with Crippen LogP contribution in [0.5, 0.6) is 5.75 Å². The van der Waals surface area contributed by atoms with Gasteiger partial charge in [-0.1, -0.05) is 40.2 Å². The fourth-order valence-corrected chi connectivity index (χ4v) is 2.15. The molecule has 0 aliphatic rings. The first-order valence-electron chi connectivity index (χ1n) is 5.86. The molecule has 2 aromatic rings. The van der Waals surface area contributed by atoms with Crippen LogP contribution in [0.1, 0.15) is 17.2 Å². The highest BCUT2D eigenvalue weighted by Gasteiger charge is 2.14. The molecule has 0 saturated carbocycles. The van der Waals surface area contributed by atoms with Crippen molar-refractivity contribution in [3.63, 3.8) is 0 Å². The summed E-state index contributed by atoms with van der Waals surface area (Å²) in [6.45, 7) is 0. The van der Waals surface area contributed by atoms with Crippen molar-refractivity contribution in [2.75, 3.05) is 7.11 Å². The van der Waals surface area contributed by atoms with E-state index in [4.69, 9.17) is 4.74 Å². The second-order valence-electron chi connectivity index (χ2n) is 4.20. The number of aliphatic hydroxyl groups is 1. The zero-order valence-electron chi connectivity index (χ0n) is 10.4. The molecule has 2 aromatic carbocycles. The molecular formula is C15H14BrFO2. The molecular weight excluding hydrogens is 311 g/mol. The Morgan fingerprint density at radius 2 is 1.89 bits per heavy atom. The maximum Gasteiger partial charge on any atom is 0.168 e. The van der Waals surface area contributed by atoms with Gasteiger partial charge in [-0.2, -0.15) is 0 Å². The van der Waals surface area contributed by atoms with Crippen molar-refractivity contribution in [1.82, 2.24) is 0 Å². The number of benzene rings is 2. The van der Waals surface area contributed by atoms with E-state index in [1.54, 1.807) is 18.2 Å². The molecule has 0 aliphatic carbocycles. The van der Waals surface area contributed by atoms with Crippen LogP contribution in [0.25, 0.3) is 0 Å². The lowest BCUT2D eigenvalue weighted by atomic mass is 10.0. The van der Waals surface area contributed by atoms with Crippen LogP contribution in [0, 0.1) is 5.82 Å². The normalized spacial score (nSPS) is 12.2. The van der Waals surface area contributed by atoms with Crippen molar-refractivity contribution in [3.8, 4) is 5.75 Å². The first-order chi connectivity index (χ1) is 9.11. The zero-order chi connectivity index (χ0) is 13.8. The van der Waals surface area contributed by atoms with Crippen LogP contribution in [0.15, 0.2) is 46.9 Å². The Labute approximate surface area is 120 Å². The molecule has 0 spiro atoms. The van der Waals surface area contributed by atoms with Crippen molar-refractivity contribution in [3.05, 3.63) is 63.9 Å². The van der Waals surface area contributed by atoms with Gasteiger partial charge >= 0.3 is 0 Å². The highest BCUT2D eigenvalue weighted by molar-refractivity contribution is 9.10. The van der Waals surface area contributed by atoms with E-state index < -0.39 is 11.9 Å². The minimum Gasteiger partial charge on any atom is -0.494 e. The summed E-state index contributed by atoms with van der Waals surface area (Å²) >= 11 is 3.33. The van der Waals surface area contributed by atoms with E-state index in [9.17, 15) is 9.50 Å². The Kier molecular flexibility index (Phi) is 4.56. The lowest BCUT2D eigenvalue weighted by Gasteiger charge is -2.13. The number of rotatable bonds is 4. The van der Waals surface area contributed by atoms with Crippen LogP contribution in [0.4, 0.5) is 4.39 Å². The molecule has 2 rings (SSSR count). The van der Waals surface area contributed by atoms with Crippen molar-refractivity contribution in [2.24, 2.45) is 0 Å². The van der Waals surface area contributed by atoms with Crippen LogP contribution < -0.4 is 4.74 Å². The number of methoxy groups -OCH3 is 1. The third kappa shape index (κ3) is 3.33. The van der Waals surface area contributed by atoms with Gasteiger partial charge in [-0.05, 0) is 29.3 Å². The first-order valence-corrected chi connectivity index (χ1v) is 6.66. The molecule has 100 valence electrons. The van der Waals surface area contributed by atoms with Crippen molar-refractivity contribution >= 4 is 15.9 Å². The van der Waals surface area contributed by atoms with E-state index in [2.05, 4.69) is 15.9 Å². The fourth-order valence-electron chi connectivity index (χ4n) is 1.88. The van der Waals surface area contributed by atoms with E-state index in [0.717, 1.165) is 10.0 Å². The Bertz CT molecular complexity index is 555. The predicted octanol–water partition coefficient (Wildman–Crippen LogP) is 3.87. The van der Waals surface area contributed by atoms with E-state index in [0.29, 0.717) is 5.56 Å². The molecule has 2 nitrogen and oxygen atoms in total. The maximum absolute atomic E-state index is 14.0. The zero-order valence-corrected chi connectivity index (χ0v) is 12.0.